The van der Waals surface area contributed by atoms with E-state index in [2.05, 4.69) is 25.8 Å². The van der Waals surface area contributed by atoms with Crippen molar-refractivity contribution in [2.45, 2.75) is 30.3 Å². The highest BCUT2D eigenvalue weighted by Gasteiger charge is 2.30. The number of halogens is 1. The van der Waals surface area contributed by atoms with Gasteiger partial charge in [-0.15, -0.1) is 16.4 Å². The fourth-order valence-electron chi connectivity index (χ4n) is 2.78. The lowest BCUT2D eigenvalue weighted by Gasteiger charge is -2.06. The number of nitrogens with one attached hydrogen (secondary N) is 1. The van der Waals surface area contributed by atoms with Crippen LogP contribution >= 0.6 is 27.3 Å². The highest BCUT2D eigenvalue weighted by Crippen LogP contribution is 2.37. The molecule has 0 unspecified atom stereocenters. The predicted octanol–water partition coefficient (Wildman–Crippen LogP) is 2.85. The van der Waals surface area contributed by atoms with Gasteiger partial charge >= 0.3 is 5.69 Å². The van der Waals surface area contributed by atoms with Crippen molar-refractivity contribution >= 4 is 37.3 Å². The van der Waals surface area contributed by atoms with Crippen molar-refractivity contribution in [3.05, 3.63) is 56.7 Å². The largest absolute Gasteiger partial charge is 0.346 e. The van der Waals surface area contributed by atoms with E-state index in [0.717, 1.165) is 22.2 Å². The van der Waals surface area contributed by atoms with Gasteiger partial charge in [-0.05, 0) is 48.6 Å². The molecule has 3 aromatic rings. The van der Waals surface area contributed by atoms with Crippen LogP contribution in [0.2, 0.25) is 0 Å². The molecular weight excluding hydrogens is 452 g/mol. The van der Waals surface area contributed by atoms with E-state index in [1.54, 1.807) is 16.7 Å². The number of hydrogen-bond acceptors (Lipinski definition) is 5. The summed E-state index contributed by atoms with van der Waals surface area (Å²) < 4.78 is 31.1. The number of rotatable bonds is 7. The zero-order valence-electron chi connectivity index (χ0n) is 14.2. The van der Waals surface area contributed by atoms with Crippen molar-refractivity contribution in [1.82, 2.24) is 19.1 Å². The molecule has 0 atom stereocenters. The standard InChI is InChI=1S/C17H17BrN4O3S2/c18-12-3-7-14(8-4-12)27(24,25)19-9-10-21-17(23)22(13-5-6-13)16(20-21)15-2-1-11-26-15/h1-4,7-8,11,13,19H,5-6,9-10H2. The Morgan fingerprint density at radius 1 is 1.22 bits per heavy atom. The molecule has 27 heavy (non-hydrogen) atoms. The Bertz CT molecular complexity index is 1100. The fraction of sp³-hybridized carbons (Fsp3) is 0.294. The molecule has 142 valence electrons. The van der Waals surface area contributed by atoms with E-state index in [1.807, 2.05) is 17.5 Å². The van der Waals surface area contributed by atoms with E-state index in [0.29, 0.717) is 5.82 Å². The Morgan fingerprint density at radius 3 is 2.59 bits per heavy atom. The molecule has 1 aliphatic rings. The van der Waals surface area contributed by atoms with Crippen LogP contribution in [0.25, 0.3) is 10.7 Å². The van der Waals surface area contributed by atoms with Gasteiger partial charge in [0.05, 0.1) is 16.3 Å². The highest BCUT2D eigenvalue weighted by molar-refractivity contribution is 9.10. The molecule has 0 amide bonds. The first kappa shape index (κ1) is 18.6. The van der Waals surface area contributed by atoms with Gasteiger partial charge in [-0.2, -0.15) is 0 Å². The molecule has 0 bridgehead atoms. The van der Waals surface area contributed by atoms with Crippen LogP contribution in [0, 0.1) is 0 Å². The molecule has 1 saturated carbocycles. The zero-order chi connectivity index (χ0) is 19.0. The Labute approximate surface area is 168 Å². The Balaban J connectivity index is 1.51. The molecule has 1 aliphatic carbocycles. The lowest BCUT2D eigenvalue weighted by atomic mass is 10.4. The molecule has 7 nitrogen and oxygen atoms in total. The molecule has 0 spiro atoms. The summed E-state index contributed by atoms with van der Waals surface area (Å²) in [6.07, 6.45) is 1.94. The second-order valence-corrected chi connectivity index (χ2v) is 9.89. The average Bonchev–Trinajstić information content (AvgIpc) is 3.21. The van der Waals surface area contributed by atoms with Gasteiger partial charge in [0.25, 0.3) is 0 Å². The van der Waals surface area contributed by atoms with Crippen molar-refractivity contribution in [2.24, 2.45) is 0 Å². The molecule has 2 aromatic heterocycles. The van der Waals surface area contributed by atoms with Crippen LogP contribution in [0.4, 0.5) is 0 Å². The number of aromatic nitrogens is 3. The van der Waals surface area contributed by atoms with Gasteiger partial charge in [-0.25, -0.2) is 22.6 Å². The second-order valence-electron chi connectivity index (χ2n) is 6.26. The van der Waals surface area contributed by atoms with E-state index in [-0.39, 0.29) is 29.7 Å². The topological polar surface area (TPSA) is 86.0 Å². The van der Waals surface area contributed by atoms with Crippen LogP contribution in [0.15, 0.2) is 55.9 Å². The summed E-state index contributed by atoms with van der Waals surface area (Å²) in [6.45, 7) is 0.260. The molecule has 0 aliphatic heterocycles. The number of hydrogen-bond donors (Lipinski definition) is 1. The first-order valence-corrected chi connectivity index (χ1v) is 11.6. The Morgan fingerprint density at radius 2 is 1.96 bits per heavy atom. The minimum Gasteiger partial charge on any atom is -0.271 e. The van der Waals surface area contributed by atoms with Gasteiger partial charge in [0.2, 0.25) is 10.0 Å². The minimum absolute atomic E-state index is 0.0872. The summed E-state index contributed by atoms with van der Waals surface area (Å²) in [5, 5.41) is 6.40. The fourth-order valence-corrected chi connectivity index (χ4v) is 4.78. The molecule has 0 saturated heterocycles. The molecule has 1 fully saturated rings. The summed E-state index contributed by atoms with van der Waals surface area (Å²) >= 11 is 4.82. The Hall–Kier alpha value is -1.75. The summed E-state index contributed by atoms with van der Waals surface area (Å²) in [5.74, 6) is 0.660. The third-order valence-electron chi connectivity index (χ3n) is 4.26. The van der Waals surface area contributed by atoms with Gasteiger partial charge in [0, 0.05) is 17.1 Å². The minimum atomic E-state index is -3.63. The van der Waals surface area contributed by atoms with Crippen LogP contribution in [0.1, 0.15) is 18.9 Å². The monoisotopic (exact) mass is 468 g/mol. The normalized spacial score (nSPS) is 14.6. The summed E-state index contributed by atoms with van der Waals surface area (Å²) in [5.41, 5.74) is -0.191. The van der Waals surface area contributed by atoms with Crippen LogP contribution in [0.5, 0.6) is 0 Å². The lowest BCUT2D eigenvalue weighted by Crippen LogP contribution is -2.32. The van der Waals surface area contributed by atoms with Crippen molar-refractivity contribution < 1.29 is 8.42 Å². The summed E-state index contributed by atoms with van der Waals surface area (Å²) in [4.78, 5) is 13.8. The highest BCUT2D eigenvalue weighted by atomic mass is 79.9. The van der Waals surface area contributed by atoms with Crippen molar-refractivity contribution in [1.29, 1.82) is 0 Å². The zero-order valence-corrected chi connectivity index (χ0v) is 17.4. The maximum Gasteiger partial charge on any atom is 0.346 e. The lowest BCUT2D eigenvalue weighted by molar-refractivity contribution is 0.547. The van der Waals surface area contributed by atoms with Gasteiger partial charge < -0.3 is 0 Å². The van der Waals surface area contributed by atoms with Crippen LogP contribution < -0.4 is 10.4 Å². The van der Waals surface area contributed by atoms with Gasteiger partial charge in [-0.3, -0.25) is 4.57 Å². The number of benzene rings is 1. The second kappa shape index (κ2) is 7.34. The first-order chi connectivity index (χ1) is 13.0. The average molecular weight is 469 g/mol. The van der Waals surface area contributed by atoms with E-state index in [1.165, 1.54) is 28.2 Å². The molecule has 4 rings (SSSR count). The Kier molecular flexibility index (Phi) is 5.06. The molecule has 1 aromatic carbocycles. The van der Waals surface area contributed by atoms with Crippen LogP contribution in [-0.4, -0.2) is 29.3 Å². The summed E-state index contributed by atoms with van der Waals surface area (Å²) in [7, 11) is -3.63. The van der Waals surface area contributed by atoms with Crippen molar-refractivity contribution in [3.8, 4) is 10.7 Å². The van der Waals surface area contributed by atoms with Crippen molar-refractivity contribution in [3.63, 3.8) is 0 Å². The van der Waals surface area contributed by atoms with E-state index in [4.69, 9.17) is 0 Å². The summed E-state index contributed by atoms with van der Waals surface area (Å²) in [6, 6.07) is 10.4. The van der Waals surface area contributed by atoms with E-state index >= 15 is 0 Å². The quantitative estimate of drug-likeness (QED) is 0.577. The number of nitrogens with zero attached hydrogens (tertiary/aromatic N) is 3. The van der Waals surface area contributed by atoms with Crippen molar-refractivity contribution in [2.75, 3.05) is 6.54 Å². The maximum atomic E-state index is 12.7. The molecule has 2 heterocycles. The number of thiophene rings is 1. The number of sulfonamides is 1. The van der Waals surface area contributed by atoms with E-state index in [9.17, 15) is 13.2 Å². The molecule has 10 heteroatoms. The van der Waals surface area contributed by atoms with Gasteiger partial charge in [0.1, 0.15) is 0 Å². The predicted molar refractivity (Wildman–Crippen MR) is 107 cm³/mol. The van der Waals surface area contributed by atoms with E-state index < -0.39 is 10.0 Å². The molecular formula is C17H17BrN4O3S2. The molecule has 1 N–H and O–H groups in total. The van der Waals surface area contributed by atoms with Gasteiger partial charge in [0.15, 0.2) is 5.82 Å². The maximum absolute atomic E-state index is 12.7. The smallest absolute Gasteiger partial charge is 0.271 e. The first-order valence-electron chi connectivity index (χ1n) is 8.44. The molecule has 0 radical (unpaired) electrons. The van der Waals surface area contributed by atoms with Crippen LogP contribution in [-0.2, 0) is 16.6 Å². The third kappa shape index (κ3) is 3.93. The SMILES string of the molecule is O=c1n(CCNS(=O)(=O)c2ccc(Br)cc2)nc(-c2cccs2)n1C1CC1. The third-order valence-corrected chi connectivity index (χ3v) is 7.14. The van der Waals surface area contributed by atoms with Crippen LogP contribution in [0.3, 0.4) is 0 Å². The van der Waals surface area contributed by atoms with Gasteiger partial charge in [-0.1, -0.05) is 22.0 Å².